The first kappa shape index (κ1) is 22.4. The van der Waals surface area contributed by atoms with Crippen LogP contribution in [0.15, 0.2) is 12.4 Å². The van der Waals surface area contributed by atoms with Gasteiger partial charge in [0, 0.05) is 5.92 Å². The van der Waals surface area contributed by atoms with Crippen molar-refractivity contribution in [2.24, 2.45) is 40.4 Å². The number of ketones is 1. The fourth-order valence-corrected chi connectivity index (χ4v) is 8.90. The topological polar surface area (TPSA) is 64.4 Å². The normalized spacial score (nSPS) is 45.6. The SMILES string of the molecule is CCOc1cnn(CC(=O)[C@H]2CC[C@H]3[C@@H]4CC[C@H]5C[C@](C)(O)CC[C@]5(C)C4CC[C@]23C)c1. The monoisotopic (exact) mass is 442 g/mol. The third kappa shape index (κ3) is 3.54. The van der Waals surface area contributed by atoms with E-state index < -0.39 is 5.60 Å². The van der Waals surface area contributed by atoms with Crippen LogP contribution in [0.25, 0.3) is 0 Å². The van der Waals surface area contributed by atoms with Gasteiger partial charge in [0.25, 0.3) is 0 Å². The maximum absolute atomic E-state index is 13.4. The van der Waals surface area contributed by atoms with Gasteiger partial charge in [-0.2, -0.15) is 5.10 Å². The van der Waals surface area contributed by atoms with Crippen molar-refractivity contribution in [1.82, 2.24) is 9.78 Å². The molecule has 0 aliphatic heterocycles. The predicted octanol–water partition coefficient (Wildman–Crippen LogP) is 5.26. The number of ether oxygens (including phenoxy) is 1. The highest BCUT2D eigenvalue weighted by Crippen LogP contribution is 2.68. The molecular formula is C27H42N2O3. The van der Waals surface area contributed by atoms with E-state index in [0.717, 1.165) is 36.8 Å². The van der Waals surface area contributed by atoms with Crippen LogP contribution in [0.2, 0.25) is 0 Å². The van der Waals surface area contributed by atoms with Crippen LogP contribution in [-0.2, 0) is 11.3 Å². The fraction of sp³-hybridized carbons (Fsp3) is 0.852. The van der Waals surface area contributed by atoms with Crippen molar-refractivity contribution in [1.29, 1.82) is 0 Å². The summed E-state index contributed by atoms with van der Waals surface area (Å²) in [6.07, 6.45) is 13.9. The molecule has 1 N–H and O–H groups in total. The van der Waals surface area contributed by atoms with Gasteiger partial charge in [0.1, 0.15) is 0 Å². The van der Waals surface area contributed by atoms with Crippen LogP contribution >= 0.6 is 0 Å². The van der Waals surface area contributed by atoms with E-state index in [1.165, 1.54) is 38.5 Å². The Hall–Kier alpha value is -1.36. The van der Waals surface area contributed by atoms with Crippen LogP contribution in [-0.4, -0.2) is 32.9 Å². The van der Waals surface area contributed by atoms with Gasteiger partial charge in [0.05, 0.1) is 31.1 Å². The molecule has 4 aliphatic carbocycles. The molecule has 5 nitrogen and oxygen atoms in total. The van der Waals surface area contributed by atoms with Crippen molar-refractivity contribution < 1.29 is 14.6 Å². The van der Waals surface area contributed by atoms with Crippen molar-refractivity contribution in [3.8, 4) is 5.75 Å². The average molecular weight is 443 g/mol. The summed E-state index contributed by atoms with van der Waals surface area (Å²) in [5.74, 6) is 4.11. The van der Waals surface area contributed by atoms with Gasteiger partial charge in [0.2, 0.25) is 0 Å². The van der Waals surface area contributed by atoms with E-state index in [0.29, 0.717) is 36.2 Å². The molecule has 1 aromatic rings. The van der Waals surface area contributed by atoms with E-state index in [-0.39, 0.29) is 11.3 Å². The van der Waals surface area contributed by atoms with Crippen LogP contribution in [0.1, 0.15) is 85.5 Å². The van der Waals surface area contributed by atoms with Crippen LogP contribution in [0.3, 0.4) is 0 Å². The van der Waals surface area contributed by atoms with Gasteiger partial charge in [-0.15, -0.1) is 0 Å². The smallest absolute Gasteiger partial charge is 0.157 e. The Morgan fingerprint density at radius 3 is 2.66 bits per heavy atom. The molecule has 5 heteroatoms. The summed E-state index contributed by atoms with van der Waals surface area (Å²) in [6.45, 7) is 9.95. The van der Waals surface area contributed by atoms with Crippen LogP contribution in [0.4, 0.5) is 0 Å². The van der Waals surface area contributed by atoms with Crippen molar-refractivity contribution >= 4 is 5.78 Å². The Balaban J connectivity index is 1.31. The minimum Gasteiger partial charge on any atom is -0.491 e. The number of aromatic nitrogens is 2. The fourth-order valence-electron chi connectivity index (χ4n) is 8.90. The van der Waals surface area contributed by atoms with Gasteiger partial charge in [-0.05, 0) is 106 Å². The lowest BCUT2D eigenvalue weighted by Crippen LogP contribution is -2.55. The van der Waals surface area contributed by atoms with Gasteiger partial charge >= 0.3 is 0 Å². The molecule has 0 aromatic carbocycles. The number of rotatable bonds is 5. The summed E-state index contributed by atoms with van der Waals surface area (Å²) >= 11 is 0. The highest BCUT2D eigenvalue weighted by atomic mass is 16.5. The molecule has 8 atom stereocenters. The second-order valence-electron chi connectivity index (χ2n) is 12.3. The molecule has 1 aromatic heterocycles. The van der Waals surface area contributed by atoms with Gasteiger partial charge in [-0.25, -0.2) is 0 Å². The zero-order chi connectivity index (χ0) is 22.7. The number of carbonyl (C=O) groups is 1. The van der Waals surface area contributed by atoms with Crippen molar-refractivity contribution in [2.75, 3.05) is 6.61 Å². The molecule has 0 bridgehead atoms. The Bertz CT molecular complexity index is 863. The molecule has 0 radical (unpaired) electrons. The van der Waals surface area contributed by atoms with Crippen molar-refractivity contribution in [3.05, 3.63) is 12.4 Å². The molecule has 4 aliphatic rings. The molecule has 4 fully saturated rings. The summed E-state index contributed by atoms with van der Waals surface area (Å²) in [5.41, 5.74) is 0.0381. The first-order chi connectivity index (χ1) is 15.2. The van der Waals surface area contributed by atoms with Gasteiger partial charge in [0.15, 0.2) is 11.5 Å². The molecule has 32 heavy (non-hydrogen) atoms. The Labute approximate surface area is 193 Å². The van der Waals surface area contributed by atoms with Gasteiger partial charge < -0.3 is 9.84 Å². The molecule has 1 unspecified atom stereocenters. The molecule has 4 saturated carbocycles. The number of fused-ring (bicyclic) bond motifs is 5. The lowest BCUT2D eigenvalue weighted by molar-refractivity contribution is -0.151. The lowest BCUT2D eigenvalue weighted by atomic mass is 9.44. The standard InChI is InChI=1S/C27H42N2O3/c1-5-32-19-15-28-29(16-19)17-24(30)23-9-8-21-20-7-6-18-14-25(2,31)12-13-26(18,3)22(20)10-11-27(21,23)4/h15-16,18,20-23,31H,5-14,17H2,1-4H3/t18-,20-,21-,22?,23+,25+,26-,27-/m0/s1. The zero-order valence-electron chi connectivity index (χ0n) is 20.5. The molecule has 178 valence electrons. The third-order valence-electron chi connectivity index (χ3n) is 10.6. The van der Waals surface area contributed by atoms with E-state index >= 15 is 0 Å². The number of hydrogen-bond donors (Lipinski definition) is 1. The van der Waals surface area contributed by atoms with Crippen molar-refractivity contribution in [2.45, 2.75) is 97.6 Å². The first-order valence-corrected chi connectivity index (χ1v) is 13.1. The van der Waals surface area contributed by atoms with Crippen LogP contribution in [0, 0.1) is 40.4 Å². The summed E-state index contributed by atoms with van der Waals surface area (Å²) in [7, 11) is 0. The van der Waals surface area contributed by atoms with Crippen molar-refractivity contribution in [3.63, 3.8) is 0 Å². The molecule has 0 spiro atoms. The number of hydrogen-bond acceptors (Lipinski definition) is 4. The predicted molar refractivity (Wildman–Crippen MR) is 124 cm³/mol. The first-order valence-electron chi connectivity index (χ1n) is 13.1. The molecule has 5 rings (SSSR count). The van der Waals surface area contributed by atoms with E-state index in [1.807, 2.05) is 20.0 Å². The maximum Gasteiger partial charge on any atom is 0.157 e. The quantitative estimate of drug-likeness (QED) is 0.675. The van der Waals surface area contributed by atoms with E-state index in [2.05, 4.69) is 18.9 Å². The van der Waals surface area contributed by atoms with Gasteiger partial charge in [-0.3, -0.25) is 9.48 Å². The van der Waals surface area contributed by atoms with E-state index in [4.69, 9.17) is 4.74 Å². The Kier molecular flexibility index (Phi) is 5.51. The lowest BCUT2D eigenvalue weighted by Gasteiger charge is -2.61. The number of carbonyl (C=O) groups excluding carboxylic acids is 1. The van der Waals surface area contributed by atoms with E-state index in [9.17, 15) is 9.90 Å². The summed E-state index contributed by atoms with van der Waals surface area (Å²) in [6, 6.07) is 0. The van der Waals surface area contributed by atoms with Crippen LogP contribution in [0.5, 0.6) is 5.75 Å². The Morgan fingerprint density at radius 1 is 1.09 bits per heavy atom. The third-order valence-corrected chi connectivity index (χ3v) is 10.6. The summed E-state index contributed by atoms with van der Waals surface area (Å²) < 4.78 is 7.27. The highest BCUT2D eigenvalue weighted by molar-refractivity contribution is 5.82. The second-order valence-corrected chi connectivity index (χ2v) is 12.3. The largest absolute Gasteiger partial charge is 0.491 e. The average Bonchev–Trinajstić information content (AvgIpc) is 3.32. The molecular weight excluding hydrogens is 400 g/mol. The number of nitrogens with zero attached hydrogens (tertiary/aromatic N) is 2. The summed E-state index contributed by atoms with van der Waals surface area (Å²) in [5, 5.41) is 15.1. The minimum absolute atomic E-state index is 0.136. The highest BCUT2D eigenvalue weighted by Gasteiger charge is 2.61. The second kappa shape index (κ2) is 7.85. The summed E-state index contributed by atoms with van der Waals surface area (Å²) in [4.78, 5) is 13.4. The van der Waals surface area contributed by atoms with E-state index in [1.54, 1.807) is 10.9 Å². The number of Topliss-reactive ketones (excluding diaryl/α,β-unsaturated/α-hetero) is 1. The van der Waals surface area contributed by atoms with Crippen LogP contribution < -0.4 is 4.74 Å². The maximum atomic E-state index is 13.4. The zero-order valence-corrected chi connectivity index (χ0v) is 20.5. The minimum atomic E-state index is -0.473. The van der Waals surface area contributed by atoms with Gasteiger partial charge in [-0.1, -0.05) is 13.8 Å². The molecule has 1 heterocycles. The molecule has 0 saturated heterocycles. The number of aliphatic hydroxyl groups is 1. The Morgan fingerprint density at radius 2 is 1.88 bits per heavy atom. The molecule has 0 amide bonds.